The second-order valence-corrected chi connectivity index (χ2v) is 4.66. The van der Waals surface area contributed by atoms with Crippen molar-refractivity contribution in [2.75, 3.05) is 6.61 Å². The minimum absolute atomic E-state index is 0.0357. The molecule has 0 radical (unpaired) electrons. The summed E-state index contributed by atoms with van der Waals surface area (Å²) in [6, 6.07) is 3.17. The highest BCUT2D eigenvalue weighted by Gasteiger charge is 2.46. The summed E-state index contributed by atoms with van der Waals surface area (Å²) in [4.78, 5) is 11.7. The Labute approximate surface area is 118 Å². The molecule has 20 heavy (non-hydrogen) atoms. The van der Waals surface area contributed by atoms with Gasteiger partial charge in [0.1, 0.15) is 5.82 Å². The molecule has 0 aliphatic rings. The molecule has 0 saturated carbocycles. The fourth-order valence-corrected chi connectivity index (χ4v) is 1.93. The number of rotatable bonds is 4. The summed E-state index contributed by atoms with van der Waals surface area (Å²) in [7, 11) is 0. The van der Waals surface area contributed by atoms with Gasteiger partial charge in [-0.1, -0.05) is 24.6 Å². The number of ether oxygens (including phenoxy) is 1. The van der Waals surface area contributed by atoms with Gasteiger partial charge in [0, 0.05) is 10.6 Å². The Kier molecular flexibility index (Phi) is 5.39. The molecule has 0 heterocycles. The molecule has 0 saturated heterocycles. The average molecular weight is 313 g/mol. The van der Waals surface area contributed by atoms with Crippen LogP contribution in [0.2, 0.25) is 5.02 Å². The number of carbonyl (C=O) groups excluding carboxylic acids is 1. The second-order valence-electron chi connectivity index (χ2n) is 4.23. The molecule has 2 atom stereocenters. The van der Waals surface area contributed by atoms with E-state index < -0.39 is 29.8 Å². The van der Waals surface area contributed by atoms with Crippen LogP contribution in [0, 0.1) is 11.7 Å². The van der Waals surface area contributed by atoms with Crippen molar-refractivity contribution in [2.24, 2.45) is 5.92 Å². The Morgan fingerprint density at radius 2 is 2.00 bits per heavy atom. The van der Waals surface area contributed by atoms with Crippen LogP contribution in [0.4, 0.5) is 17.6 Å². The Morgan fingerprint density at radius 3 is 2.45 bits per heavy atom. The topological polar surface area (TPSA) is 26.3 Å². The monoisotopic (exact) mass is 312 g/mol. The molecule has 0 bridgehead atoms. The number of halogens is 5. The smallest absolute Gasteiger partial charge is 0.392 e. The van der Waals surface area contributed by atoms with Crippen LogP contribution in [-0.2, 0) is 9.53 Å². The third-order valence-electron chi connectivity index (χ3n) is 2.85. The molecule has 1 aromatic carbocycles. The predicted molar refractivity (Wildman–Crippen MR) is 66.0 cm³/mol. The van der Waals surface area contributed by atoms with E-state index in [1.165, 1.54) is 13.0 Å². The van der Waals surface area contributed by atoms with Crippen LogP contribution >= 0.6 is 11.6 Å². The molecule has 0 aromatic heterocycles. The molecule has 0 spiro atoms. The molecular weight excluding hydrogens is 300 g/mol. The molecular formula is C13H13ClF4O2. The normalized spacial score (nSPS) is 14.8. The molecule has 1 rings (SSSR count). The summed E-state index contributed by atoms with van der Waals surface area (Å²) < 4.78 is 56.9. The van der Waals surface area contributed by atoms with Crippen LogP contribution < -0.4 is 0 Å². The molecule has 0 fully saturated rings. The Hall–Kier alpha value is -1.30. The zero-order chi connectivity index (χ0) is 15.5. The lowest BCUT2D eigenvalue weighted by Gasteiger charge is -2.25. The van der Waals surface area contributed by atoms with Gasteiger partial charge in [-0.15, -0.1) is 0 Å². The highest BCUT2D eigenvalue weighted by Crippen LogP contribution is 2.39. The number of hydrogen-bond acceptors (Lipinski definition) is 2. The summed E-state index contributed by atoms with van der Waals surface area (Å²) >= 11 is 5.55. The Bertz CT molecular complexity index is 488. The van der Waals surface area contributed by atoms with Gasteiger partial charge in [-0.2, -0.15) is 13.2 Å². The van der Waals surface area contributed by atoms with Crippen molar-refractivity contribution in [3.8, 4) is 0 Å². The SMILES string of the molecule is CCOC(=O)C(c1ccc(Cl)cc1F)[C@H](C)C(F)(F)F. The van der Waals surface area contributed by atoms with E-state index >= 15 is 0 Å². The summed E-state index contributed by atoms with van der Waals surface area (Å²) in [5.41, 5.74) is -0.377. The van der Waals surface area contributed by atoms with Gasteiger partial charge in [0.15, 0.2) is 0 Å². The molecule has 1 unspecified atom stereocenters. The lowest BCUT2D eigenvalue weighted by molar-refractivity contribution is -0.185. The maximum absolute atomic E-state index is 13.8. The first-order valence-electron chi connectivity index (χ1n) is 5.86. The van der Waals surface area contributed by atoms with Crippen LogP contribution in [0.5, 0.6) is 0 Å². The van der Waals surface area contributed by atoms with E-state index in [0.29, 0.717) is 0 Å². The number of hydrogen-bond donors (Lipinski definition) is 0. The highest BCUT2D eigenvalue weighted by atomic mass is 35.5. The summed E-state index contributed by atoms with van der Waals surface area (Å²) in [5.74, 6) is -5.91. The van der Waals surface area contributed by atoms with Gasteiger partial charge in [-0.05, 0) is 19.1 Å². The number of esters is 1. The van der Waals surface area contributed by atoms with E-state index in [-0.39, 0.29) is 17.2 Å². The van der Waals surface area contributed by atoms with E-state index in [4.69, 9.17) is 11.6 Å². The predicted octanol–water partition coefficient (Wildman–Crippen LogP) is 4.32. The van der Waals surface area contributed by atoms with E-state index in [1.807, 2.05) is 0 Å². The molecule has 2 nitrogen and oxygen atoms in total. The minimum Gasteiger partial charge on any atom is -0.466 e. The largest absolute Gasteiger partial charge is 0.466 e. The third-order valence-corrected chi connectivity index (χ3v) is 3.09. The fourth-order valence-electron chi connectivity index (χ4n) is 1.78. The van der Waals surface area contributed by atoms with Crippen molar-refractivity contribution in [1.82, 2.24) is 0 Å². The van der Waals surface area contributed by atoms with Gasteiger partial charge >= 0.3 is 12.1 Å². The lowest BCUT2D eigenvalue weighted by Crippen LogP contribution is -2.33. The Balaban J connectivity index is 3.26. The Morgan fingerprint density at radius 1 is 1.40 bits per heavy atom. The molecule has 0 aliphatic heterocycles. The van der Waals surface area contributed by atoms with Crippen LogP contribution in [-0.4, -0.2) is 18.8 Å². The van der Waals surface area contributed by atoms with Gasteiger partial charge in [0.25, 0.3) is 0 Å². The molecule has 0 aliphatic carbocycles. The minimum atomic E-state index is -4.65. The maximum atomic E-state index is 13.8. The van der Waals surface area contributed by atoms with Crippen LogP contribution in [0.25, 0.3) is 0 Å². The van der Waals surface area contributed by atoms with Crippen LogP contribution in [0.1, 0.15) is 25.3 Å². The summed E-state index contributed by atoms with van der Waals surface area (Å²) in [5, 5.41) is 0.0357. The first kappa shape index (κ1) is 16.8. The van der Waals surface area contributed by atoms with Crippen molar-refractivity contribution in [2.45, 2.75) is 25.9 Å². The quantitative estimate of drug-likeness (QED) is 0.611. The van der Waals surface area contributed by atoms with Crippen molar-refractivity contribution < 1.29 is 27.1 Å². The van der Waals surface area contributed by atoms with Gasteiger partial charge in [0.2, 0.25) is 0 Å². The van der Waals surface area contributed by atoms with Gasteiger partial charge in [0.05, 0.1) is 18.4 Å². The number of carbonyl (C=O) groups is 1. The number of benzene rings is 1. The standard InChI is InChI=1S/C13H13ClF4O2/c1-3-20-12(19)11(7(2)13(16,17)18)9-5-4-8(14)6-10(9)15/h4-7,11H,3H2,1-2H3/t7-,11?/m0/s1. The number of alkyl halides is 3. The maximum Gasteiger partial charge on any atom is 0.392 e. The second kappa shape index (κ2) is 6.43. The van der Waals surface area contributed by atoms with Crippen molar-refractivity contribution in [3.05, 3.63) is 34.6 Å². The zero-order valence-corrected chi connectivity index (χ0v) is 11.6. The highest BCUT2D eigenvalue weighted by molar-refractivity contribution is 6.30. The summed E-state index contributed by atoms with van der Waals surface area (Å²) in [6.07, 6.45) is -4.65. The molecule has 1 aromatic rings. The van der Waals surface area contributed by atoms with Crippen LogP contribution in [0.15, 0.2) is 18.2 Å². The van der Waals surface area contributed by atoms with Gasteiger partial charge in [-0.3, -0.25) is 4.79 Å². The molecule has 112 valence electrons. The average Bonchev–Trinajstić information content (AvgIpc) is 2.31. The van der Waals surface area contributed by atoms with Crippen molar-refractivity contribution in [3.63, 3.8) is 0 Å². The fraction of sp³-hybridized carbons (Fsp3) is 0.462. The van der Waals surface area contributed by atoms with E-state index in [1.54, 1.807) is 0 Å². The molecule has 0 N–H and O–H groups in total. The van der Waals surface area contributed by atoms with E-state index in [0.717, 1.165) is 19.1 Å². The van der Waals surface area contributed by atoms with Gasteiger partial charge < -0.3 is 4.74 Å². The first-order valence-corrected chi connectivity index (χ1v) is 6.24. The molecule has 0 amide bonds. The lowest BCUT2D eigenvalue weighted by atomic mass is 9.86. The van der Waals surface area contributed by atoms with Crippen molar-refractivity contribution in [1.29, 1.82) is 0 Å². The van der Waals surface area contributed by atoms with Gasteiger partial charge in [-0.25, -0.2) is 4.39 Å². The zero-order valence-electron chi connectivity index (χ0n) is 10.8. The first-order chi connectivity index (χ1) is 9.18. The van der Waals surface area contributed by atoms with E-state index in [2.05, 4.69) is 4.74 Å². The molecule has 7 heteroatoms. The third kappa shape index (κ3) is 3.85. The summed E-state index contributed by atoms with van der Waals surface area (Å²) in [6.45, 7) is 2.19. The van der Waals surface area contributed by atoms with Crippen LogP contribution in [0.3, 0.4) is 0 Å². The van der Waals surface area contributed by atoms with E-state index in [9.17, 15) is 22.4 Å². The van der Waals surface area contributed by atoms with Crippen molar-refractivity contribution >= 4 is 17.6 Å².